The number of hydrogen-bond donors (Lipinski definition) is 5. The number of rotatable bonds is 8. The first-order valence-electron chi connectivity index (χ1n) is 10.0. The van der Waals surface area contributed by atoms with Crippen molar-refractivity contribution in [2.24, 2.45) is 5.41 Å². The van der Waals surface area contributed by atoms with Crippen LogP contribution in [0.25, 0.3) is 0 Å². The summed E-state index contributed by atoms with van der Waals surface area (Å²) in [6.07, 6.45) is -7.39. The average molecular weight is 441 g/mol. The van der Waals surface area contributed by atoms with E-state index >= 15 is 0 Å². The topological polar surface area (TPSA) is 155 Å². The van der Waals surface area contributed by atoms with Gasteiger partial charge in [-0.2, -0.15) is 0 Å². The number of aliphatic carboxylic acids is 1. The van der Waals surface area contributed by atoms with Gasteiger partial charge in [-0.05, 0) is 29.5 Å². The lowest BCUT2D eigenvalue weighted by atomic mass is 9.92. The normalized spacial score (nSPS) is 26.2. The van der Waals surface area contributed by atoms with Crippen molar-refractivity contribution in [1.29, 1.82) is 0 Å². The molecule has 0 bridgehead atoms. The van der Waals surface area contributed by atoms with Gasteiger partial charge in [0.25, 0.3) is 0 Å². The number of hydrogen-bond acceptors (Lipinski definition) is 8. The Bertz CT molecular complexity index is 731. The van der Waals surface area contributed by atoms with E-state index in [1.165, 1.54) is 0 Å². The lowest BCUT2D eigenvalue weighted by molar-refractivity contribution is -0.231. The second-order valence-electron chi connectivity index (χ2n) is 8.67. The van der Waals surface area contributed by atoms with Crippen molar-refractivity contribution in [2.75, 3.05) is 13.2 Å². The van der Waals surface area contributed by atoms with E-state index in [2.05, 4.69) is 26.1 Å². The van der Waals surface area contributed by atoms with Crippen LogP contribution in [0, 0.1) is 5.41 Å². The Hall–Kier alpha value is -2.40. The molecule has 1 unspecified atom stereocenters. The fraction of sp³-hybridized carbons (Fsp3) is 0.619. The van der Waals surface area contributed by atoms with Crippen LogP contribution in [0.5, 0.6) is 5.75 Å². The molecule has 5 atom stereocenters. The highest BCUT2D eigenvalue weighted by Crippen LogP contribution is 2.23. The molecular formula is C21H31NO9. The van der Waals surface area contributed by atoms with Crippen LogP contribution < -0.4 is 10.1 Å². The molecule has 1 amide bonds. The molecule has 0 aliphatic carbocycles. The first kappa shape index (κ1) is 24.9. The number of aliphatic hydroxyl groups is 3. The van der Waals surface area contributed by atoms with Crippen molar-refractivity contribution in [2.45, 2.75) is 64.3 Å². The molecule has 31 heavy (non-hydrogen) atoms. The Labute approximate surface area is 180 Å². The number of carbonyl (C=O) groups is 2. The number of carboxylic acids is 1. The molecule has 1 aliphatic heterocycles. The highest BCUT2D eigenvalue weighted by Gasteiger charge is 2.47. The van der Waals surface area contributed by atoms with Gasteiger partial charge < -0.3 is 40.0 Å². The molecule has 0 saturated carbocycles. The van der Waals surface area contributed by atoms with E-state index in [0.717, 1.165) is 12.0 Å². The SMILES string of the molecule is CC(C)(C)CCNC(=O)OCc1ccc(OCC2O[C@H](C(=O)O)[C@@H](O)[C@H](O)[C@H]2O)cc1. The molecule has 1 aliphatic rings. The Kier molecular flexibility index (Phi) is 8.63. The third-order valence-corrected chi connectivity index (χ3v) is 4.81. The number of alkyl carbamates (subject to hydrolysis) is 1. The Balaban J connectivity index is 1.79. The Morgan fingerprint density at radius 1 is 1.06 bits per heavy atom. The summed E-state index contributed by atoms with van der Waals surface area (Å²) in [6, 6.07) is 6.61. The monoisotopic (exact) mass is 441 g/mol. The summed E-state index contributed by atoms with van der Waals surface area (Å²) in [5, 5.41) is 41.3. The predicted molar refractivity (Wildman–Crippen MR) is 109 cm³/mol. The molecule has 1 aromatic carbocycles. The van der Waals surface area contributed by atoms with Crippen molar-refractivity contribution in [3.05, 3.63) is 29.8 Å². The van der Waals surface area contributed by atoms with Gasteiger partial charge in [-0.15, -0.1) is 0 Å². The molecular weight excluding hydrogens is 410 g/mol. The number of aliphatic hydroxyl groups excluding tert-OH is 3. The fourth-order valence-electron chi connectivity index (χ4n) is 2.89. The predicted octanol–water partition coefficient (Wildman–Crippen LogP) is 0.662. The molecule has 1 saturated heterocycles. The second-order valence-corrected chi connectivity index (χ2v) is 8.67. The maximum atomic E-state index is 11.7. The first-order chi connectivity index (χ1) is 14.5. The number of amides is 1. The molecule has 10 heteroatoms. The minimum Gasteiger partial charge on any atom is -0.491 e. The van der Waals surface area contributed by atoms with Crippen molar-refractivity contribution >= 4 is 12.1 Å². The molecule has 2 rings (SSSR count). The maximum absolute atomic E-state index is 11.7. The molecule has 10 nitrogen and oxygen atoms in total. The van der Waals surface area contributed by atoms with Crippen LogP contribution >= 0.6 is 0 Å². The highest BCUT2D eigenvalue weighted by molar-refractivity contribution is 5.73. The highest BCUT2D eigenvalue weighted by atomic mass is 16.6. The van der Waals surface area contributed by atoms with E-state index in [9.17, 15) is 24.9 Å². The van der Waals surface area contributed by atoms with Crippen molar-refractivity contribution in [3.63, 3.8) is 0 Å². The van der Waals surface area contributed by atoms with Crippen molar-refractivity contribution < 1.29 is 44.2 Å². The van der Waals surface area contributed by atoms with Gasteiger partial charge in [0, 0.05) is 6.54 Å². The summed E-state index contributed by atoms with van der Waals surface area (Å²) < 4.78 is 15.8. The minimum atomic E-state index is -1.74. The fourth-order valence-corrected chi connectivity index (χ4v) is 2.89. The average Bonchev–Trinajstić information content (AvgIpc) is 2.69. The smallest absolute Gasteiger partial charge is 0.407 e. The third-order valence-electron chi connectivity index (χ3n) is 4.81. The molecule has 1 heterocycles. The van der Waals surface area contributed by atoms with Crippen LogP contribution in [-0.4, -0.2) is 76.2 Å². The van der Waals surface area contributed by atoms with Gasteiger partial charge in [-0.25, -0.2) is 9.59 Å². The maximum Gasteiger partial charge on any atom is 0.407 e. The zero-order valence-corrected chi connectivity index (χ0v) is 17.9. The molecule has 174 valence electrons. The number of ether oxygens (including phenoxy) is 3. The van der Waals surface area contributed by atoms with E-state index in [4.69, 9.17) is 19.3 Å². The summed E-state index contributed by atoms with van der Waals surface area (Å²) in [6.45, 7) is 6.62. The standard InChI is InChI=1S/C21H31NO9/c1-21(2,3)8-9-22-20(28)30-10-12-4-6-13(7-5-12)29-11-14-15(23)16(24)17(25)18(31-14)19(26)27/h4-7,14-18,23-25H,8-11H2,1-3H3,(H,22,28)(H,26,27)/t14?,15-,16+,17-,18-/m0/s1. The van der Waals surface area contributed by atoms with Gasteiger partial charge in [0.2, 0.25) is 0 Å². The summed E-state index contributed by atoms with van der Waals surface area (Å²) in [4.78, 5) is 22.9. The third kappa shape index (κ3) is 7.66. The summed E-state index contributed by atoms with van der Waals surface area (Å²) in [5.41, 5.74) is 0.852. The van der Waals surface area contributed by atoms with Crippen LogP contribution in [0.3, 0.4) is 0 Å². The minimum absolute atomic E-state index is 0.0798. The zero-order valence-electron chi connectivity index (χ0n) is 17.9. The van der Waals surface area contributed by atoms with E-state index in [1.54, 1.807) is 24.3 Å². The summed E-state index contributed by atoms with van der Waals surface area (Å²) >= 11 is 0. The van der Waals surface area contributed by atoms with Crippen LogP contribution in [0.15, 0.2) is 24.3 Å². The van der Waals surface area contributed by atoms with Gasteiger partial charge in [0.15, 0.2) is 6.10 Å². The van der Waals surface area contributed by atoms with Gasteiger partial charge in [0.1, 0.15) is 43.4 Å². The zero-order chi connectivity index (χ0) is 23.2. The van der Waals surface area contributed by atoms with Crippen LogP contribution in [0.1, 0.15) is 32.8 Å². The number of carbonyl (C=O) groups excluding carboxylic acids is 1. The lowest BCUT2D eigenvalue weighted by Crippen LogP contribution is -2.61. The first-order valence-corrected chi connectivity index (χ1v) is 10.0. The molecule has 0 spiro atoms. The molecule has 0 radical (unpaired) electrons. The van der Waals surface area contributed by atoms with E-state index in [-0.39, 0.29) is 18.6 Å². The largest absolute Gasteiger partial charge is 0.491 e. The van der Waals surface area contributed by atoms with Gasteiger partial charge in [-0.3, -0.25) is 0 Å². The van der Waals surface area contributed by atoms with Crippen molar-refractivity contribution in [3.8, 4) is 5.75 Å². The van der Waals surface area contributed by atoms with Crippen LogP contribution in [0.2, 0.25) is 0 Å². The van der Waals surface area contributed by atoms with Crippen LogP contribution in [-0.2, 0) is 20.9 Å². The van der Waals surface area contributed by atoms with E-state index in [0.29, 0.717) is 12.3 Å². The summed E-state index contributed by atoms with van der Waals surface area (Å²) in [7, 11) is 0. The quantitative estimate of drug-likeness (QED) is 0.391. The van der Waals surface area contributed by atoms with E-state index < -0.39 is 42.6 Å². The molecule has 0 aromatic heterocycles. The number of nitrogens with one attached hydrogen (secondary N) is 1. The van der Waals surface area contributed by atoms with Gasteiger partial charge >= 0.3 is 12.1 Å². The van der Waals surface area contributed by atoms with Gasteiger partial charge in [0.05, 0.1) is 0 Å². The Morgan fingerprint density at radius 2 is 1.71 bits per heavy atom. The Morgan fingerprint density at radius 3 is 2.29 bits per heavy atom. The number of benzene rings is 1. The molecule has 1 aromatic rings. The van der Waals surface area contributed by atoms with Crippen LogP contribution in [0.4, 0.5) is 4.79 Å². The molecule has 5 N–H and O–H groups in total. The van der Waals surface area contributed by atoms with E-state index in [1.807, 2.05) is 0 Å². The van der Waals surface area contributed by atoms with Gasteiger partial charge in [-0.1, -0.05) is 32.9 Å². The molecule has 1 fully saturated rings. The second kappa shape index (κ2) is 10.8. The summed E-state index contributed by atoms with van der Waals surface area (Å²) in [5.74, 6) is -1.04. The number of carboxylic acid groups (broad SMARTS) is 1. The van der Waals surface area contributed by atoms with Crippen molar-refractivity contribution in [1.82, 2.24) is 5.32 Å². The lowest BCUT2D eigenvalue weighted by Gasteiger charge is -2.38.